The van der Waals surface area contributed by atoms with Gasteiger partial charge in [-0.15, -0.1) is 11.3 Å². The lowest BCUT2D eigenvalue weighted by molar-refractivity contribution is -0.119. The Bertz CT molecular complexity index is 652. The van der Waals surface area contributed by atoms with Crippen molar-refractivity contribution >= 4 is 28.6 Å². The molecular formula is C18H23N3O2S. The highest BCUT2D eigenvalue weighted by molar-refractivity contribution is 7.09. The number of carbonyl (C=O) groups excluding carboxylic acids is 1. The van der Waals surface area contributed by atoms with Crippen LogP contribution >= 0.6 is 11.3 Å². The zero-order valence-electron chi connectivity index (χ0n) is 13.6. The van der Waals surface area contributed by atoms with Crippen LogP contribution in [0.1, 0.15) is 17.7 Å². The van der Waals surface area contributed by atoms with E-state index in [0.29, 0.717) is 6.54 Å². The number of hydrogen-bond acceptors (Lipinski definition) is 5. The number of nitrogens with one attached hydrogen (secondary N) is 2. The Labute approximate surface area is 146 Å². The molecule has 0 atom stereocenters. The van der Waals surface area contributed by atoms with Gasteiger partial charge < -0.3 is 20.6 Å². The van der Waals surface area contributed by atoms with Crippen LogP contribution in [0.15, 0.2) is 41.8 Å². The number of anilines is 2. The van der Waals surface area contributed by atoms with Crippen LogP contribution < -0.4 is 15.5 Å². The molecule has 128 valence electrons. The van der Waals surface area contributed by atoms with E-state index >= 15 is 0 Å². The van der Waals surface area contributed by atoms with Crippen LogP contribution in [-0.2, 0) is 11.3 Å². The van der Waals surface area contributed by atoms with Gasteiger partial charge in [0.05, 0.1) is 30.6 Å². The maximum absolute atomic E-state index is 12.0. The molecule has 1 aromatic carbocycles. The van der Waals surface area contributed by atoms with Gasteiger partial charge in [0.1, 0.15) is 0 Å². The van der Waals surface area contributed by atoms with Gasteiger partial charge in [-0.25, -0.2) is 0 Å². The molecule has 5 nitrogen and oxygen atoms in total. The third-order valence-corrected chi connectivity index (χ3v) is 5.06. The molecule has 1 amide bonds. The number of nitrogens with zero attached hydrogens (tertiary/aromatic N) is 1. The van der Waals surface area contributed by atoms with E-state index in [4.69, 9.17) is 0 Å². The zero-order valence-corrected chi connectivity index (χ0v) is 14.4. The van der Waals surface area contributed by atoms with Gasteiger partial charge in [-0.3, -0.25) is 4.79 Å². The highest BCUT2D eigenvalue weighted by Gasteiger charge is 2.19. The average molecular weight is 345 g/mol. The van der Waals surface area contributed by atoms with E-state index < -0.39 is 0 Å². The first-order valence-electron chi connectivity index (χ1n) is 8.27. The minimum absolute atomic E-state index is 0.0210. The van der Waals surface area contributed by atoms with E-state index in [2.05, 4.69) is 21.6 Å². The normalized spacial score (nSPS) is 15.3. The summed E-state index contributed by atoms with van der Waals surface area (Å²) in [5.41, 5.74) is 2.05. The summed E-state index contributed by atoms with van der Waals surface area (Å²) in [6, 6.07) is 12.0. The number of aliphatic hydroxyl groups excluding tert-OH is 1. The lowest BCUT2D eigenvalue weighted by Crippen LogP contribution is -2.36. The number of rotatable bonds is 6. The van der Waals surface area contributed by atoms with Crippen LogP contribution in [0.4, 0.5) is 11.4 Å². The molecule has 0 saturated carbocycles. The molecule has 2 heterocycles. The van der Waals surface area contributed by atoms with Crippen LogP contribution in [0, 0.1) is 0 Å². The van der Waals surface area contributed by atoms with Crippen LogP contribution in [0.25, 0.3) is 0 Å². The van der Waals surface area contributed by atoms with Crippen LogP contribution in [0.5, 0.6) is 0 Å². The fraction of sp³-hybridized carbons (Fsp3) is 0.389. The molecule has 0 spiro atoms. The molecule has 3 rings (SSSR count). The molecule has 0 unspecified atom stereocenters. The van der Waals surface area contributed by atoms with Gasteiger partial charge in [0.25, 0.3) is 0 Å². The Morgan fingerprint density at radius 1 is 1.21 bits per heavy atom. The van der Waals surface area contributed by atoms with Crippen LogP contribution in [-0.4, -0.2) is 36.8 Å². The van der Waals surface area contributed by atoms with Crippen molar-refractivity contribution in [3.8, 4) is 0 Å². The summed E-state index contributed by atoms with van der Waals surface area (Å²) in [5.74, 6) is -0.0210. The number of thiophene rings is 1. The van der Waals surface area contributed by atoms with E-state index in [1.165, 1.54) is 0 Å². The minimum atomic E-state index is -0.190. The molecule has 1 aromatic heterocycles. The Hall–Kier alpha value is -2.05. The predicted octanol–water partition coefficient (Wildman–Crippen LogP) is 2.44. The second-order valence-corrected chi connectivity index (χ2v) is 6.98. The van der Waals surface area contributed by atoms with Gasteiger partial charge in [-0.2, -0.15) is 0 Å². The summed E-state index contributed by atoms with van der Waals surface area (Å²) in [5, 5.41) is 17.8. The van der Waals surface area contributed by atoms with E-state index in [1.54, 1.807) is 11.3 Å². The standard InChI is InChI=1S/C18H23N3O2S/c22-14-7-9-21(10-8-14)17-6-2-1-5-16(17)19-13-18(23)20-12-15-4-3-11-24-15/h1-6,11,14,19,22H,7-10,12-13H2,(H,20,23). The van der Waals surface area contributed by atoms with Crippen molar-refractivity contribution in [3.63, 3.8) is 0 Å². The smallest absolute Gasteiger partial charge is 0.239 e. The summed E-state index contributed by atoms with van der Waals surface area (Å²) in [4.78, 5) is 15.4. The summed E-state index contributed by atoms with van der Waals surface area (Å²) in [7, 11) is 0. The number of amides is 1. The van der Waals surface area contributed by atoms with Crippen molar-refractivity contribution in [1.29, 1.82) is 0 Å². The molecule has 1 aliphatic rings. The third-order valence-electron chi connectivity index (χ3n) is 4.19. The molecule has 1 saturated heterocycles. The summed E-state index contributed by atoms with van der Waals surface area (Å²) >= 11 is 1.64. The van der Waals surface area contributed by atoms with E-state index in [9.17, 15) is 9.90 Å². The molecule has 0 aliphatic carbocycles. The Morgan fingerprint density at radius 3 is 2.75 bits per heavy atom. The number of para-hydroxylation sites is 2. The Kier molecular flexibility index (Phi) is 5.72. The van der Waals surface area contributed by atoms with Crippen LogP contribution in [0.3, 0.4) is 0 Å². The van der Waals surface area contributed by atoms with Crippen molar-refractivity contribution in [2.45, 2.75) is 25.5 Å². The van der Waals surface area contributed by atoms with Gasteiger partial charge in [0, 0.05) is 18.0 Å². The van der Waals surface area contributed by atoms with Crippen molar-refractivity contribution in [2.75, 3.05) is 29.9 Å². The third kappa shape index (κ3) is 4.49. The monoisotopic (exact) mass is 345 g/mol. The SMILES string of the molecule is O=C(CNc1ccccc1N1CCC(O)CC1)NCc1cccs1. The molecule has 0 bridgehead atoms. The van der Waals surface area contributed by atoms with Crippen molar-refractivity contribution in [1.82, 2.24) is 5.32 Å². The van der Waals surface area contributed by atoms with Gasteiger partial charge in [-0.05, 0) is 36.4 Å². The van der Waals surface area contributed by atoms with Gasteiger partial charge in [0.2, 0.25) is 5.91 Å². The van der Waals surface area contributed by atoms with Gasteiger partial charge in [-0.1, -0.05) is 18.2 Å². The van der Waals surface area contributed by atoms with Crippen molar-refractivity contribution in [2.24, 2.45) is 0 Å². The van der Waals surface area contributed by atoms with E-state index in [0.717, 1.165) is 42.2 Å². The predicted molar refractivity (Wildman–Crippen MR) is 98.6 cm³/mol. The maximum atomic E-state index is 12.0. The second kappa shape index (κ2) is 8.17. The molecular weight excluding hydrogens is 322 g/mol. The molecule has 2 aromatic rings. The zero-order chi connectivity index (χ0) is 16.8. The first-order valence-corrected chi connectivity index (χ1v) is 9.15. The maximum Gasteiger partial charge on any atom is 0.239 e. The molecule has 6 heteroatoms. The lowest BCUT2D eigenvalue weighted by Gasteiger charge is -2.32. The molecule has 0 radical (unpaired) electrons. The number of aliphatic hydroxyl groups is 1. The number of hydrogen-bond donors (Lipinski definition) is 3. The number of benzene rings is 1. The van der Waals surface area contributed by atoms with Gasteiger partial charge in [0.15, 0.2) is 0 Å². The van der Waals surface area contributed by atoms with E-state index in [-0.39, 0.29) is 18.6 Å². The largest absolute Gasteiger partial charge is 0.393 e. The fourth-order valence-corrected chi connectivity index (χ4v) is 3.49. The summed E-state index contributed by atoms with van der Waals surface area (Å²) < 4.78 is 0. The highest BCUT2D eigenvalue weighted by Crippen LogP contribution is 2.28. The molecule has 3 N–H and O–H groups in total. The van der Waals surface area contributed by atoms with Crippen molar-refractivity contribution in [3.05, 3.63) is 46.7 Å². The molecule has 1 aliphatic heterocycles. The minimum Gasteiger partial charge on any atom is -0.393 e. The van der Waals surface area contributed by atoms with E-state index in [1.807, 2.05) is 35.7 Å². The highest BCUT2D eigenvalue weighted by atomic mass is 32.1. The van der Waals surface area contributed by atoms with Gasteiger partial charge >= 0.3 is 0 Å². The first-order chi connectivity index (χ1) is 11.7. The Morgan fingerprint density at radius 2 is 2.00 bits per heavy atom. The average Bonchev–Trinajstić information content (AvgIpc) is 3.13. The second-order valence-electron chi connectivity index (χ2n) is 5.95. The van der Waals surface area contributed by atoms with Crippen molar-refractivity contribution < 1.29 is 9.90 Å². The first kappa shape index (κ1) is 16.8. The quantitative estimate of drug-likeness (QED) is 0.752. The number of piperidine rings is 1. The number of carbonyl (C=O) groups is 1. The molecule has 24 heavy (non-hydrogen) atoms. The van der Waals surface area contributed by atoms with Crippen LogP contribution in [0.2, 0.25) is 0 Å². The fourth-order valence-electron chi connectivity index (χ4n) is 2.84. The molecule has 1 fully saturated rings. The summed E-state index contributed by atoms with van der Waals surface area (Å²) in [6.45, 7) is 2.50. The topological polar surface area (TPSA) is 64.6 Å². The lowest BCUT2D eigenvalue weighted by atomic mass is 10.1. The Balaban J connectivity index is 1.54. The summed E-state index contributed by atoms with van der Waals surface area (Å²) in [6.07, 6.45) is 1.38.